The van der Waals surface area contributed by atoms with E-state index in [-0.39, 0.29) is 11.5 Å². The predicted molar refractivity (Wildman–Crippen MR) is 72.3 cm³/mol. The Bertz CT molecular complexity index is 573. The molecule has 0 fully saturated rings. The van der Waals surface area contributed by atoms with Crippen molar-refractivity contribution >= 4 is 5.76 Å². The summed E-state index contributed by atoms with van der Waals surface area (Å²) in [4.78, 5) is 0. The van der Waals surface area contributed by atoms with Crippen molar-refractivity contribution in [2.75, 3.05) is 7.11 Å². The maximum absolute atomic E-state index is 9.85. The van der Waals surface area contributed by atoms with Crippen LogP contribution in [0.3, 0.4) is 0 Å². The van der Waals surface area contributed by atoms with Gasteiger partial charge in [-0.3, -0.25) is 0 Å². The first-order valence-corrected chi connectivity index (χ1v) is 5.69. The van der Waals surface area contributed by atoms with Crippen molar-refractivity contribution in [1.82, 2.24) is 0 Å². The van der Waals surface area contributed by atoms with Crippen LogP contribution in [0.1, 0.15) is 5.56 Å². The Morgan fingerprint density at radius 2 is 1.63 bits per heavy atom. The third-order valence-corrected chi connectivity index (χ3v) is 2.53. The fraction of sp³-hybridized carbons (Fsp3) is 0.0667. The number of phenolic OH excluding ortho intramolecular Hbond substituents is 1. The third-order valence-electron chi connectivity index (χ3n) is 2.53. The number of methoxy groups -OCH3 is 1. The summed E-state index contributed by atoms with van der Waals surface area (Å²) in [6.45, 7) is 0. The van der Waals surface area contributed by atoms with Crippen molar-refractivity contribution in [2.24, 2.45) is 0 Å². The van der Waals surface area contributed by atoms with Crippen molar-refractivity contribution < 1.29 is 19.7 Å². The molecular weight excluding hydrogens is 244 g/mol. The van der Waals surface area contributed by atoms with Crippen molar-refractivity contribution in [3.8, 4) is 17.2 Å². The zero-order valence-electron chi connectivity index (χ0n) is 10.4. The summed E-state index contributed by atoms with van der Waals surface area (Å²) in [5.41, 5.74) is 0.549. The Morgan fingerprint density at radius 1 is 1.00 bits per heavy atom. The highest BCUT2D eigenvalue weighted by Gasteiger charge is 2.03. The van der Waals surface area contributed by atoms with Gasteiger partial charge in [0, 0.05) is 5.56 Å². The van der Waals surface area contributed by atoms with Crippen LogP contribution in [0.25, 0.3) is 5.76 Å². The molecule has 0 saturated heterocycles. The Hall–Kier alpha value is -2.62. The van der Waals surface area contributed by atoms with Crippen LogP contribution in [-0.4, -0.2) is 17.3 Å². The number of aliphatic hydroxyl groups excluding tert-OH is 1. The largest absolute Gasteiger partial charge is 0.508 e. The summed E-state index contributed by atoms with van der Waals surface area (Å²) < 4.78 is 10.5. The highest BCUT2D eigenvalue weighted by Crippen LogP contribution is 2.26. The minimum atomic E-state index is -0.0362. The molecule has 0 aliphatic carbocycles. The molecule has 0 unspecified atom stereocenters. The molecule has 0 bridgehead atoms. The molecule has 0 spiro atoms. The molecule has 4 nitrogen and oxygen atoms in total. The lowest BCUT2D eigenvalue weighted by Gasteiger charge is -2.07. The molecule has 2 N–H and O–H groups in total. The first-order valence-electron chi connectivity index (χ1n) is 5.69. The summed E-state index contributed by atoms with van der Waals surface area (Å²) >= 11 is 0. The number of hydrogen-bond acceptors (Lipinski definition) is 4. The first-order chi connectivity index (χ1) is 9.20. The number of aromatic hydroxyl groups is 1. The van der Waals surface area contributed by atoms with E-state index in [9.17, 15) is 5.11 Å². The zero-order valence-corrected chi connectivity index (χ0v) is 10.4. The molecule has 19 heavy (non-hydrogen) atoms. The minimum Gasteiger partial charge on any atom is -0.508 e. The molecule has 0 radical (unpaired) electrons. The quantitative estimate of drug-likeness (QED) is 0.826. The second kappa shape index (κ2) is 5.82. The van der Waals surface area contributed by atoms with E-state index in [4.69, 9.17) is 14.6 Å². The van der Waals surface area contributed by atoms with E-state index in [0.717, 1.165) is 0 Å². The second-order valence-electron chi connectivity index (χ2n) is 3.82. The number of ether oxygens (including phenoxy) is 2. The van der Waals surface area contributed by atoms with Crippen molar-refractivity contribution in [1.29, 1.82) is 0 Å². The summed E-state index contributed by atoms with van der Waals surface area (Å²) in [5.74, 6) is 1.20. The molecule has 2 aromatic carbocycles. The van der Waals surface area contributed by atoms with Gasteiger partial charge in [0.05, 0.1) is 7.11 Å². The smallest absolute Gasteiger partial charge is 0.168 e. The normalized spacial score (nSPS) is 11.1. The lowest BCUT2D eigenvalue weighted by molar-refractivity contribution is 0.373. The van der Waals surface area contributed by atoms with Gasteiger partial charge in [-0.25, -0.2) is 0 Å². The second-order valence-corrected chi connectivity index (χ2v) is 3.82. The van der Waals surface area contributed by atoms with E-state index in [1.165, 1.54) is 18.4 Å². The number of hydrogen-bond donors (Lipinski definition) is 2. The average Bonchev–Trinajstić information content (AvgIpc) is 2.45. The molecule has 0 amide bonds. The van der Waals surface area contributed by atoms with Crippen LogP contribution < -0.4 is 9.47 Å². The van der Waals surface area contributed by atoms with Gasteiger partial charge in [-0.1, -0.05) is 12.1 Å². The van der Waals surface area contributed by atoms with Gasteiger partial charge in [-0.05, 0) is 36.4 Å². The van der Waals surface area contributed by atoms with Gasteiger partial charge in [-0.2, -0.15) is 0 Å². The Morgan fingerprint density at radius 3 is 2.26 bits per heavy atom. The van der Waals surface area contributed by atoms with Gasteiger partial charge in [0.2, 0.25) is 0 Å². The van der Waals surface area contributed by atoms with Gasteiger partial charge in [0.1, 0.15) is 12.0 Å². The highest BCUT2D eigenvalue weighted by molar-refractivity contribution is 5.58. The molecule has 0 atom stereocenters. The summed E-state index contributed by atoms with van der Waals surface area (Å²) in [6.07, 6.45) is 1.23. The molecule has 0 aliphatic rings. The molecule has 4 heteroatoms. The summed E-state index contributed by atoms with van der Waals surface area (Å²) in [7, 11) is 1.55. The topological polar surface area (TPSA) is 58.9 Å². The number of phenols is 1. The Labute approximate surface area is 111 Å². The van der Waals surface area contributed by atoms with Gasteiger partial charge in [-0.15, -0.1) is 0 Å². The Balaban J connectivity index is 2.15. The lowest BCUT2D eigenvalue weighted by Crippen LogP contribution is -1.91. The molecular formula is C15H14O4. The van der Waals surface area contributed by atoms with E-state index in [1.54, 1.807) is 31.4 Å². The molecule has 2 rings (SSSR count). The van der Waals surface area contributed by atoms with E-state index < -0.39 is 0 Å². The van der Waals surface area contributed by atoms with Crippen LogP contribution in [0.5, 0.6) is 17.2 Å². The molecule has 98 valence electrons. The van der Waals surface area contributed by atoms with E-state index in [1.807, 2.05) is 12.1 Å². The van der Waals surface area contributed by atoms with Gasteiger partial charge >= 0.3 is 0 Å². The minimum absolute atomic E-state index is 0.0362. The number of benzene rings is 2. The molecule has 2 aromatic rings. The van der Waals surface area contributed by atoms with E-state index in [2.05, 4.69) is 0 Å². The van der Waals surface area contributed by atoms with Crippen LogP contribution >= 0.6 is 0 Å². The van der Waals surface area contributed by atoms with Gasteiger partial charge in [0.25, 0.3) is 0 Å². The number of aliphatic hydroxyl groups is 1. The van der Waals surface area contributed by atoms with Crippen molar-refractivity contribution in [3.05, 3.63) is 60.4 Å². The van der Waals surface area contributed by atoms with Crippen LogP contribution in [-0.2, 0) is 0 Å². The van der Waals surface area contributed by atoms with Crippen LogP contribution in [0.4, 0.5) is 0 Å². The summed E-state index contributed by atoms with van der Waals surface area (Å²) in [6, 6.07) is 13.3. The van der Waals surface area contributed by atoms with E-state index in [0.29, 0.717) is 17.1 Å². The Kier molecular flexibility index (Phi) is 3.93. The lowest BCUT2D eigenvalue weighted by atomic mass is 10.2. The zero-order chi connectivity index (χ0) is 13.7. The van der Waals surface area contributed by atoms with Crippen LogP contribution in [0.2, 0.25) is 0 Å². The molecule has 0 aromatic heterocycles. The third kappa shape index (κ3) is 3.19. The van der Waals surface area contributed by atoms with Crippen molar-refractivity contribution in [2.45, 2.75) is 0 Å². The molecule has 0 aliphatic heterocycles. The maximum atomic E-state index is 9.85. The first kappa shape index (κ1) is 12.8. The van der Waals surface area contributed by atoms with Crippen LogP contribution in [0, 0.1) is 0 Å². The number of rotatable bonds is 4. The monoisotopic (exact) mass is 258 g/mol. The summed E-state index contributed by atoms with van der Waals surface area (Å²) in [5, 5.41) is 19.0. The highest BCUT2D eigenvalue weighted by atomic mass is 16.5. The average molecular weight is 258 g/mol. The SMILES string of the molecule is COc1ccccc1O/C=C(\O)c1ccc(O)cc1. The maximum Gasteiger partial charge on any atom is 0.168 e. The molecule has 0 heterocycles. The van der Waals surface area contributed by atoms with Gasteiger partial charge < -0.3 is 19.7 Å². The van der Waals surface area contributed by atoms with E-state index >= 15 is 0 Å². The standard InChI is InChI=1S/C15H14O4/c1-18-14-4-2-3-5-15(14)19-10-13(17)11-6-8-12(16)9-7-11/h2-10,16-17H,1H3/b13-10-. The fourth-order valence-electron chi connectivity index (χ4n) is 1.54. The molecule has 0 saturated carbocycles. The predicted octanol–water partition coefficient (Wildman–Crippen LogP) is 3.34. The number of para-hydroxylation sites is 2. The van der Waals surface area contributed by atoms with Crippen molar-refractivity contribution in [3.63, 3.8) is 0 Å². The van der Waals surface area contributed by atoms with Crippen LogP contribution in [0.15, 0.2) is 54.8 Å². The van der Waals surface area contributed by atoms with Gasteiger partial charge in [0.15, 0.2) is 17.3 Å². The fourth-order valence-corrected chi connectivity index (χ4v) is 1.54.